The first kappa shape index (κ1) is 14.1. The zero-order valence-corrected chi connectivity index (χ0v) is 12.7. The monoisotopic (exact) mass is 273 g/mol. The normalized spacial score (nSPS) is 20.6. The lowest BCUT2D eigenvalue weighted by molar-refractivity contribution is 0.165. The molecule has 0 spiro atoms. The van der Waals surface area contributed by atoms with E-state index in [1.807, 2.05) is 0 Å². The third-order valence-corrected chi connectivity index (χ3v) is 4.79. The summed E-state index contributed by atoms with van der Waals surface area (Å²) in [4.78, 5) is 0. The molecule has 1 unspecified atom stereocenters. The molecule has 2 aliphatic carbocycles. The van der Waals surface area contributed by atoms with Gasteiger partial charge in [-0.15, -0.1) is 0 Å². The number of aliphatic hydroxyl groups excluding tert-OH is 1. The fourth-order valence-corrected chi connectivity index (χ4v) is 3.10. The minimum Gasteiger partial charge on any atom is -0.387 e. The number of hydrogen-bond donors (Lipinski definition) is 2. The smallest absolute Gasteiger partial charge is 0.0914 e. The average molecular weight is 273 g/mol. The molecule has 0 aromatic heterocycles. The van der Waals surface area contributed by atoms with Gasteiger partial charge in [0, 0.05) is 12.6 Å². The molecule has 0 amide bonds. The number of nitrogens with one attached hydrogen (secondary N) is 1. The molecule has 0 heterocycles. The third kappa shape index (κ3) is 3.42. The Balaban J connectivity index is 1.53. The van der Waals surface area contributed by atoms with Gasteiger partial charge in [-0.05, 0) is 54.6 Å². The predicted molar refractivity (Wildman–Crippen MR) is 82.7 cm³/mol. The van der Waals surface area contributed by atoms with Crippen LogP contribution in [0.4, 0.5) is 0 Å². The van der Waals surface area contributed by atoms with Gasteiger partial charge in [-0.3, -0.25) is 0 Å². The van der Waals surface area contributed by atoms with Crippen LogP contribution in [0, 0.1) is 11.8 Å². The molecular weight excluding hydrogens is 246 g/mol. The van der Waals surface area contributed by atoms with E-state index in [0.29, 0.717) is 18.5 Å². The summed E-state index contributed by atoms with van der Waals surface area (Å²) >= 11 is 0. The van der Waals surface area contributed by atoms with E-state index in [-0.39, 0.29) is 6.10 Å². The summed E-state index contributed by atoms with van der Waals surface area (Å²) in [6.45, 7) is 5.09. The fraction of sp³-hybridized carbons (Fsp3) is 0.667. The second-order valence-corrected chi connectivity index (χ2v) is 6.95. The van der Waals surface area contributed by atoms with Crippen molar-refractivity contribution >= 4 is 0 Å². The molecule has 2 saturated carbocycles. The molecule has 0 saturated heterocycles. The quantitative estimate of drug-likeness (QED) is 0.795. The minimum atomic E-state index is -0.379. The Morgan fingerprint density at radius 3 is 1.95 bits per heavy atom. The van der Waals surface area contributed by atoms with Gasteiger partial charge in [-0.25, -0.2) is 0 Å². The second-order valence-electron chi connectivity index (χ2n) is 6.95. The van der Waals surface area contributed by atoms with Crippen molar-refractivity contribution in [3.8, 4) is 0 Å². The maximum Gasteiger partial charge on any atom is 0.0914 e. The molecule has 0 aliphatic heterocycles. The van der Waals surface area contributed by atoms with Gasteiger partial charge < -0.3 is 10.4 Å². The molecule has 0 bridgehead atoms. The highest BCUT2D eigenvalue weighted by Crippen LogP contribution is 2.44. The van der Waals surface area contributed by atoms with Gasteiger partial charge in [0.15, 0.2) is 0 Å². The van der Waals surface area contributed by atoms with E-state index in [9.17, 15) is 5.11 Å². The topological polar surface area (TPSA) is 32.3 Å². The molecule has 3 rings (SSSR count). The highest BCUT2D eigenvalue weighted by Gasteiger charge is 2.41. The van der Waals surface area contributed by atoms with Crippen LogP contribution in [0.1, 0.15) is 62.7 Å². The van der Waals surface area contributed by atoms with E-state index in [2.05, 4.69) is 43.4 Å². The molecule has 2 heteroatoms. The van der Waals surface area contributed by atoms with Crippen molar-refractivity contribution in [2.24, 2.45) is 11.8 Å². The van der Waals surface area contributed by atoms with Crippen molar-refractivity contribution in [2.75, 3.05) is 6.54 Å². The summed E-state index contributed by atoms with van der Waals surface area (Å²) in [6.07, 6.45) is 5.15. The molecule has 2 nitrogen and oxygen atoms in total. The van der Waals surface area contributed by atoms with E-state index in [1.165, 1.54) is 31.2 Å². The summed E-state index contributed by atoms with van der Waals surface area (Å²) in [5.41, 5.74) is 2.37. The van der Waals surface area contributed by atoms with E-state index >= 15 is 0 Å². The SMILES string of the molecule is CC(C)c1ccc(C(O)CNC(C2CC2)C2CC2)cc1. The molecule has 1 aromatic rings. The van der Waals surface area contributed by atoms with Gasteiger partial charge in [0.1, 0.15) is 0 Å². The molecule has 2 N–H and O–H groups in total. The van der Waals surface area contributed by atoms with Crippen LogP contribution >= 0.6 is 0 Å². The van der Waals surface area contributed by atoms with Crippen LogP contribution < -0.4 is 5.32 Å². The molecular formula is C18H27NO. The van der Waals surface area contributed by atoms with Gasteiger partial charge in [-0.2, -0.15) is 0 Å². The first-order chi connectivity index (χ1) is 9.65. The summed E-state index contributed by atoms with van der Waals surface area (Å²) < 4.78 is 0. The van der Waals surface area contributed by atoms with E-state index in [0.717, 1.165) is 17.4 Å². The first-order valence-electron chi connectivity index (χ1n) is 8.16. The van der Waals surface area contributed by atoms with Crippen molar-refractivity contribution in [2.45, 2.75) is 57.6 Å². The maximum atomic E-state index is 10.3. The molecule has 1 aromatic carbocycles. The Hall–Kier alpha value is -0.860. The number of benzene rings is 1. The first-order valence-corrected chi connectivity index (χ1v) is 8.16. The number of hydrogen-bond acceptors (Lipinski definition) is 2. The van der Waals surface area contributed by atoms with Crippen LogP contribution in [0.2, 0.25) is 0 Å². The Morgan fingerprint density at radius 1 is 1.00 bits per heavy atom. The Labute approximate surface area is 122 Å². The summed E-state index contributed by atoms with van der Waals surface area (Å²) in [5.74, 6) is 2.32. The minimum absolute atomic E-state index is 0.379. The van der Waals surface area contributed by atoms with Crippen LogP contribution in [0.25, 0.3) is 0 Å². The van der Waals surface area contributed by atoms with Crippen LogP contribution in [0.5, 0.6) is 0 Å². The van der Waals surface area contributed by atoms with Crippen LogP contribution in [-0.4, -0.2) is 17.7 Å². The largest absolute Gasteiger partial charge is 0.387 e. The maximum absolute atomic E-state index is 10.3. The van der Waals surface area contributed by atoms with Crippen molar-refractivity contribution in [1.82, 2.24) is 5.32 Å². The predicted octanol–water partition coefficient (Wildman–Crippen LogP) is 3.62. The average Bonchev–Trinajstić information content (AvgIpc) is 3.32. The van der Waals surface area contributed by atoms with E-state index in [4.69, 9.17) is 0 Å². The number of aliphatic hydroxyl groups is 1. The second kappa shape index (κ2) is 5.87. The van der Waals surface area contributed by atoms with Crippen LogP contribution in [-0.2, 0) is 0 Å². The zero-order chi connectivity index (χ0) is 14.1. The van der Waals surface area contributed by atoms with Gasteiger partial charge in [-0.1, -0.05) is 38.1 Å². The summed E-state index contributed by atoms with van der Waals surface area (Å²) in [5, 5.41) is 14.0. The molecule has 1 atom stereocenters. The van der Waals surface area contributed by atoms with Gasteiger partial charge in [0.25, 0.3) is 0 Å². The third-order valence-electron chi connectivity index (χ3n) is 4.79. The van der Waals surface area contributed by atoms with E-state index < -0.39 is 0 Å². The van der Waals surface area contributed by atoms with Gasteiger partial charge >= 0.3 is 0 Å². The van der Waals surface area contributed by atoms with Gasteiger partial charge in [0.05, 0.1) is 6.10 Å². The Bertz CT molecular complexity index is 419. The zero-order valence-electron chi connectivity index (χ0n) is 12.7. The Kier molecular flexibility index (Phi) is 4.13. The van der Waals surface area contributed by atoms with Crippen molar-refractivity contribution in [3.63, 3.8) is 0 Å². The molecule has 20 heavy (non-hydrogen) atoms. The molecule has 2 fully saturated rings. The highest BCUT2D eigenvalue weighted by molar-refractivity contribution is 5.26. The lowest BCUT2D eigenvalue weighted by Crippen LogP contribution is -2.36. The Morgan fingerprint density at radius 2 is 1.50 bits per heavy atom. The van der Waals surface area contributed by atoms with E-state index in [1.54, 1.807) is 0 Å². The summed E-state index contributed by atoms with van der Waals surface area (Å²) in [6, 6.07) is 9.10. The van der Waals surface area contributed by atoms with Crippen molar-refractivity contribution < 1.29 is 5.11 Å². The van der Waals surface area contributed by atoms with Crippen LogP contribution in [0.3, 0.4) is 0 Å². The fourth-order valence-electron chi connectivity index (χ4n) is 3.10. The number of rotatable bonds is 7. The molecule has 0 radical (unpaired) electrons. The standard InChI is InChI=1S/C18H27NO/c1-12(2)13-3-5-14(6-4-13)17(20)11-19-18(15-7-8-15)16-9-10-16/h3-6,12,15-20H,7-11H2,1-2H3. The highest BCUT2D eigenvalue weighted by atomic mass is 16.3. The lowest BCUT2D eigenvalue weighted by atomic mass is 9.99. The molecule has 2 aliphatic rings. The summed E-state index contributed by atoms with van der Waals surface area (Å²) in [7, 11) is 0. The molecule has 110 valence electrons. The van der Waals surface area contributed by atoms with Crippen molar-refractivity contribution in [1.29, 1.82) is 0 Å². The van der Waals surface area contributed by atoms with Gasteiger partial charge in [0.2, 0.25) is 0 Å². The van der Waals surface area contributed by atoms with Crippen LogP contribution in [0.15, 0.2) is 24.3 Å². The lowest BCUT2D eigenvalue weighted by Gasteiger charge is -2.20. The van der Waals surface area contributed by atoms with Crippen molar-refractivity contribution in [3.05, 3.63) is 35.4 Å².